The van der Waals surface area contributed by atoms with Crippen molar-refractivity contribution in [3.63, 3.8) is 0 Å². The normalized spacial score (nSPS) is 22.9. The zero-order chi connectivity index (χ0) is 21.8. The van der Waals surface area contributed by atoms with Crippen LogP contribution in [0, 0.1) is 0 Å². The Balaban J connectivity index is 1.39. The minimum absolute atomic E-state index is 0.184. The topological polar surface area (TPSA) is 65.1 Å². The summed E-state index contributed by atoms with van der Waals surface area (Å²) in [6.07, 6.45) is 4.39. The maximum absolute atomic E-state index is 13.1. The van der Waals surface area contributed by atoms with Gasteiger partial charge in [-0.3, -0.25) is 0 Å². The summed E-state index contributed by atoms with van der Waals surface area (Å²) in [7, 11) is -2.01. The van der Waals surface area contributed by atoms with Crippen LogP contribution in [0.5, 0.6) is 17.2 Å². The summed E-state index contributed by atoms with van der Waals surface area (Å²) in [5.74, 6) is 1.65. The fourth-order valence-electron chi connectivity index (χ4n) is 4.28. The summed E-state index contributed by atoms with van der Waals surface area (Å²) in [5, 5.41) is -0.705. The van der Waals surface area contributed by atoms with Gasteiger partial charge in [0.15, 0.2) is 9.84 Å². The van der Waals surface area contributed by atoms with Crippen LogP contribution in [0.2, 0.25) is 0 Å². The molecule has 0 bridgehead atoms. The van der Waals surface area contributed by atoms with Crippen molar-refractivity contribution in [2.24, 2.45) is 0 Å². The SMILES string of the molecule is COc1ccc2c(c1)S(=O)(=O)[C@@H](C)[C@H](c1ccc(OCCCN3CCCCC3)cc1)O2. The fourth-order valence-corrected chi connectivity index (χ4v) is 5.90. The van der Waals surface area contributed by atoms with E-state index in [-0.39, 0.29) is 4.90 Å². The number of benzene rings is 2. The maximum atomic E-state index is 13.1. The quantitative estimate of drug-likeness (QED) is 0.594. The smallest absolute Gasteiger partial charge is 0.188 e. The number of likely N-dealkylation sites (tertiary alicyclic amines) is 1. The highest BCUT2D eigenvalue weighted by molar-refractivity contribution is 7.92. The van der Waals surface area contributed by atoms with E-state index in [9.17, 15) is 8.42 Å². The van der Waals surface area contributed by atoms with Crippen LogP contribution in [-0.4, -0.2) is 51.9 Å². The molecule has 4 rings (SSSR count). The molecule has 0 amide bonds. The first-order valence-corrected chi connectivity index (χ1v) is 12.6. The number of piperidine rings is 1. The molecule has 7 heteroatoms. The third kappa shape index (κ3) is 4.83. The van der Waals surface area contributed by atoms with Gasteiger partial charge in [-0.15, -0.1) is 0 Å². The molecule has 1 fully saturated rings. The Morgan fingerprint density at radius 1 is 1.03 bits per heavy atom. The molecule has 1 saturated heterocycles. The number of hydrogen-bond acceptors (Lipinski definition) is 6. The molecule has 31 heavy (non-hydrogen) atoms. The Bertz CT molecular complexity index is 984. The van der Waals surface area contributed by atoms with Crippen LogP contribution in [0.4, 0.5) is 0 Å². The number of fused-ring (bicyclic) bond motifs is 1. The van der Waals surface area contributed by atoms with E-state index in [4.69, 9.17) is 14.2 Å². The third-order valence-corrected chi connectivity index (χ3v) is 8.33. The number of nitrogens with zero attached hydrogens (tertiary/aromatic N) is 1. The van der Waals surface area contributed by atoms with Crippen molar-refractivity contribution in [2.75, 3.05) is 33.4 Å². The Morgan fingerprint density at radius 3 is 2.45 bits per heavy atom. The van der Waals surface area contributed by atoms with Gasteiger partial charge < -0.3 is 19.1 Å². The number of rotatable bonds is 7. The Morgan fingerprint density at radius 2 is 1.74 bits per heavy atom. The van der Waals surface area contributed by atoms with Crippen LogP contribution in [0.1, 0.15) is 44.3 Å². The number of methoxy groups -OCH3 is 1. The van der Waals surface area contributed by atoms with Gasteiger partial charge in [0.25, 0.3) is 0 Å². The lowest BCUT2D eigenvalue weighted by molar-refractivity contribution is 0.188. The summed E-state index contributed by atoms with van der Waals surface area (Å²) in [6, 6.07) is 12.5. The molecule has 0 saturated carbocycles. The Kier molecular flexibility index (Phi) is 6.72. The monoisotopic (exact) mass is 445 g/mol. The molecule has 0 unspecified atom stereocenters. The van der Waals surface area contributed by atoms with E-state index < -0.39 is 21.2 Å². The maximum Gasteiger partial charge on any atom is 0.188 e. The number of ether oxygens (including phenoxy) is 3. The molecule has 168 valence electrons. The molecular weight excluding hydrogens is 414 g/mol. The molecule has 0 aromatic heterocycles. The molecular formula is C24H31NO5S. The van der Waals surface area contributed by atoms with E-state index in [1.54, 1.807) is 19.1 Å². The van der Waals surface area contributed by atoms with E-state index in [0.29, 0.717) is 18.1 Å². The van der Waals surface area contributed by atoms with E-state index in [2.05, 4.69) is 4.90 Å². The molecule has 0 radical (unpaired) electrons. The van der Waals surface area contributed by atoms with Crippen molar-refractivity contribution in [3.8, 4) is 17.2 Å². The molecule has 2 atom stereocenters. The zero-order valence-corrected chi connectivity index (χ0v) is 19.1. The van der Waals surface area contributed by atoms with Crippen molar-refractivity contribution in [1.29, 1.82) is 0 Å². The molecule has 2 aromatic rings. The molecule has 0 spiro atoms. The van der Waals surface area contributed by atoms with Gasteiger partial charge in [-0.05, 0) is 69.1 Å². The first-order valence-electron chi connectivity index (χ1n) is 11.0. The van der Waals surface area contributed by atoms with E-state index in [1.807, 2.05) is 24.3 Å². The molecule has 0 aliphatic carbocycles. The first-order chi connectivity index (χ1) is 15.0. The Labute approximate surface area is 185 Å². The lowest BCUT2D eigenvalue weighted by Gasteiger charge is -2.31. The van der Waals surface area contributed by atoms with Crippen LogP contribution >= 0.6 is 0 Å². The summed E-state index contributed by atoms with van der Waals surface area (Å²) in [5.41, 5.74) is 0.818. The van der Waals surface area contributed by atoms with Gasteiger partial charge in [-0.25, -0.2) is 8.42 Å². The van der Waals surface area contributed by atoms with Crippen LogP contribution in [0.3, 0.4) is 0 Å². The second-order valence-electron chi connectivity index (χ2n) is 8.27. The van der Waals surface area contributed by atoms with Gasteiger partial charge in [0.2, 0.25) is 0 Å². The average molecular weight is 446 g/mol. The lowest BCUT2D eigenvalue weighted by atomic mass is 10.1. The van der Waals surface area contributed by atoms with Crippen LogP contribution in [-0.2, 0) is 9.84 Å². The van der Waals surface area contributed by atoms with Crippen LogP contribution in [0.15, 0.2) is 47.4 Å². The van der Waals surface area contributed by atoms with Gasteiger partial charge >= 0.3 is 0 Å². The van der Waals surface area contributed by atoms with Gasteiger partial charge in [0.1, 0.15) is 33.5 Å². The minimum Gasteiger partial charge on any atom is -0.497 e. The van der Waals surface area contributed by atoms with Gasteiger partial charge in [-0.2, -0.15) is 0 Å². The lowest BCUT2D eigenvalue weighted by Crippen LogP contribution is -2.34. The van der Waals surface area contributed by atoms with E-state index in [1.165, 1.54) is 45.5 Å². The van der Waals surface area contributed by atoms with Crippen molar-refractivity contribution < 1.29 is 22.6 Å². The highest BCUT2D eigenvalue weighted by Gasteiger charge is 2.40. The highest BCUT2D eigenvalue weighted by atomic mass is 32.2. The van der Waals surface area contributed by atoms with E-state index in [0.717, 1.165) is 24.3 Å². The molecule has 2 heterocycles. The fraction of sp³-hybridized carbons (Fsp3) is 0.500. The predicted octanol–water partition coefficient (Wildman–Crippen LogP) is 4.25. The van der Waals surface area contributed by atoms with Crippen molar-refractivity contribution in [1.82, 2.24) is 4.90 Å². The summed E-state index contributed by atoms with van der Waals surface area (Å²) in [6.45, 7) is 5.84. The largest absolute Gasteiger partial charge is 0.497 e. The third-order valence-electron chi connectivity index (χ3n) is 6.17. The van der Waals surface area contributed by atoms with Gasteiger partial charge in [0.05, 0.1) is 13.7 Å². The van der Waals surface area contributed by atoms with Crippen molar-refractivity contribution >= 4 is 9.84 Å². The summed E-state index contributed by atoms with van der Waals surface area (Å²) < 4.78 is 43.3. The molecule has 2 aliphatic heterocycles. The van der Waals surface area contributed by atoms with Crippen LogP contribution < -0.4 is 14.2 Å². The van der Waals surface area contributed by atoms with Crippen molar-refractivity contribution in [3.05, 3.63) is 48.0 Å². The first kappa shape index (κ1) is 22.0. The second kappa shape index (κ2) is 9.49. The van der Waals surface area contributed by atoms with Crippen molar-refractivity contribution in [2.45, 2.75) is 48.9 Å². The number of hydrogen-bond donors (Lipinski definition) is 0. The summed E-state index contributed by atoms with van der Waals surface area (Å²) in [4.78, 5) is 2.69. The van der Waals surface area contributed by atoms with E-state index >= 15 is 0 Å². The standard InChI is InChI=1S/C24H31NO5S/c1-18-24(30-22-12-11-21(28-2)17-23(22)31(18,26)27)19-7-9-20(10-8-19)29-16-6-15-25-13-4-3-5-14-25/h7-12,17-18,24H,3-6,13-16H2,1-2H3/t18-,24+/m0/s1. The molecule has 2 aliphatic rings. The van der Waals surface area contributed by atoms with Crippen LogP contribution in [0.25, 0.3) is 0 Å². The predicted molar refractivity (Wildman–Crippen MR) is 120 cm³/mol. The van der Waals surface area contributed by atoms with Gasteiger partial charge in [-0.1, -0.05) is 18.6 Å². The van der Waals surface area contributed by atoms with Gasteiger partial charge in [0, 0.05) is 12.6 Å². The molecule has 0 N–H and O–H groups in total. The number of sulfone groups is 1. The molecule has 2 aromatic carbocycles. The average Bonchev–Trinajstić information content (AvgIpc) is 2.80. The zero-order valence-electron chi connectivity index (χ0n) is 18.2. The summed E-state index contributed by atoms with van der Waals surface area (Å²) >= 11 is 0. The Hall–Kier alpha value is -2.25. The molecule has 6 nitrogen and oxygen atoms in total. The minimum atomic E-state index is -3.53. The second-order valence-corrected chi connectivity index (χ2v) is 10.5. The highest BCUT2D eigenvalue weighted by Crippen LogP contribution is 2.42.